The summed E-state index contributed by atoms with van der Waals surface area (Å²) in [4.78, 5) is 12.6. The van der Waals surface area contributed by atoms with E-state index in [1.807, 2.05) is 30.3 Å². The van der Waals surface area contributed by atoms with Gasteiger partial charge in [0.05, 0.1) is 17.2 Å². The molecule has 1 unspecified atom stereocenters. The van der Waals surface area contributed by atoms with Crippen LogP contribution >= 0.6 is 23.2 Å². The van der Waals surface area contributed by atoms with Gasteiger partial charge in [-0.1, -0.05) is 65.5 Å². The van der Waals surface area contributed by atoms with Crippen LogP contribution in [-0.2, 0) is 21.4 Å². The summed E-state index contributed by atoms with van der Waals surface area (Å²) < 4.78 is 5.03. The first-order valence-electron chi connectivity index (χ1n) is 6.80. The van der Waals surface area contributed by atoms with Gasteiger partial charge in [-0.25, -0.2) is 0 Å². The molecule has 0 amide bonds. The number of hydrogen-bond acceptors (Lipinski definition) is 2. The number of ether oxygens (including phenoxy) is 1. The first kappa shape index (κ1) is 17.6. The molecule has 0 aliphatic carbocycles. The lowest BCUT2D eigenvalue weighted by atomic mass is 9.76. The largest absolute Gasteiger partial charge is 0.468 e. The lowest BCUT2D eigenvalue weighted by Gasteiger charge is -2.27. The van der Waals surface area contributed by atoms with Gasteiger partial charge in [0, 0.05) is 6.42 Å². The fourth-order valence-corrected chi connectivity index (χ4v) is 2.92. The molecule has 2 aromatic carbocycles. The summed E-state index contributed by atoms with van der Waals surface area (Å²) in [6, 6.07) is 14.6. The molecule has 3 radical (unpaired) electrons. The van der Waals surface area contributed by atoms with E-state index < -0.39 is 11.4 Å². The summed E-state index contributed by atoms with van der Waals surface area (Å²) in [5.74, 6) is 2.49. The maximum absolute atomic E-state index is 12.6. The minimum absolute atomic E-state index is 0.357. The quantitative estimate of drug-likeness (QED) is 0.471. The first-order valence-corrected chi connectivity index (χ1v) is 8.06. The second kappa shape index (κ2) is 7.70. The number of benzene rings is 2. The van der Waals surface area contributed by atoms with Crippen molar-refractivity contribution in [3.05, 3.63) is 69.7 Å². The van der Waals surface area contributed by atoms with Crippen LogP contribution < -0.4 is 0 Å². The molecular formula is C18H13Cl2O2Si. The lowest BCUT2D eigenvalue weighted by molar-refractivity contribution is -0.145. The highest BCUT2D eigenvalue weighted by Gasteiger charge is 2.40. The number of carbonyl (C=O) groups is 1. The Bertz CT molecular complexity index is 766. The van der Waals surface area contributed by atoms with Gasteiger partial charge in [0.1, 0.15) is 10.2 Å². The predicted octanol–water partition coefficient (Wildman–Crippen LogP) is 3.78. The molecule has 5 heteroatoms. The van der Waals surface area contributed by atoms with Crippen LogP contribution in [-0.4, -0.2) is 23.3 Å². The van der Waals surface area contributed by atoms with E-state index in [1.165, 1.54) is 7.11 Å². The predicted molar refractivity (Wildman–Crippen MR) is 93.8 cm³/mol. The van der Waals surface area contributed by atoms with E-state index >= 15 is 0 Å². The molecule has 0 aromatic heterocycles. The lowest BCUT2D eigenvalue weighted by Crippen LogP contribution is -2.38. The maximum atomic E-state index is 12.6. The van der Waals surface area contributed by atoms with Gasteiger partial charge in [-0.3, -0.25) is 4.79 Å². The van der Waals surface area contributed by atoms with Crippen molar-refractivity contribution in [2.45, 2.75) is 11.8 Å². The molecule has 0 aliphatic heterocycles. The summed E-state index contributed by atoms with van der Waals surface area (Å²) in [6.45, 7) is 0. The van der Waals surface area contributed by atoms with Crippen LogP contribution in [0.4, 0.5) is 0 Å². The van der Waals surface area contributed by atoms with Gasteiger partial charge in [-0.05, 0) is 23.3 Å². The molecule has 2 aromatic rings. The van der Waals surface area contributed by atoms with Gasteiger partial charge in [-0.2, -0.15) is 0 Å². The van der Waals surface area contributed by atoms with Crippen LogP contribution in [0, 0.1) is 11.5 Å². The van der Waals surface area contributed by atoms with E-state index in [4.69, 9.17) is 27.9 Å². The Morgan fingerprint density at radius 3 is 2.43 bits per heavy atom. The molecule has 0 aliphatic rings. The van der Waals surface area contributed by atoms with Crippen LogP contribution in [0.15, 0.2) is 48.5 Å². The van der Waals surface area contributed by atoms with Crippen molar-refractivity contribution in [3.8, 4) is 11.5 Å². The standard InChI is InChI=1S/C18H13Cl2O2Si/c1-22-17(21)18(9-10-23,12-13-5-3-2-4-6-13)14-7-8-15(19)16(20)11-14/h2-8,11H,12H2,1H3. The zero-order valence-electron chi connectivity index (χ0n) is 12.4. The normalized spacial score (nSPS) is 12.7. The second-order valence-corrected chi connectivity index (χ2v) is 6.00. The summed E-state index contributed by atoms with van der Waals surface area (Å²) >= 11 is 12.1. The van der Waals surface area contributed by atoms with Crippen molar-refractivity contribution in [2.24, 2.45) is 0 Å². The fourth-order valence-electron chi connectivity index (χ4n) is 2.40. The SMILES string of the molecule is COC(=O)C(C#C[Si])(Cc1ccccc1)c1ccc(Cl)c(Cl)c1. The summed E-state index contributed by atoms with van der Waals surface area (Å²) in [7, 11) is 4.49. The van der Waals surface area contributed by atoms with Crippen LogP contribution in [0.3, 0.4) is 0 Å². The summed E-state index contributed by atoms with van der Waals surface area (Å²) in [6.07, 6.45) is 0.357. The zero-order chi connectivity index (χ0) is 16.9. The van der Waals surface area contributed by atoms with Crippen molar-refractivity contribution < 1.29 is 9.53 Å². The second-order valence-electron chi connectivity index (χ2n) is 4.94. The number of hydrogen-bond donors (Lipinski definition) is 0. The highest BCUT2D eigenvalue weighted by molar-refractivity contribution is 6.42. The Hall–Kier alpha value is -1.73. The van der Waals surface area contributed by atoms with E-state index in [0.717, 1.165) is 5.56 Å². The maximum Gasteiger partial charge on any atom is 0.328 e. The average molecular weight is 360 g/mol. The van der Waals surface area contributed by atoms with E-state index in [-0.39, 0.29) is 0 Å². The van der Waals surface area contributed by atoms with Crippen molar-refractivity contribution in [1.29, 1.82) is 0 Å². The number of esters is 1. The molecule has 23 heavy (non-hydrogen) atoms. The van der Waals surface area contributed by atoms with Gasteiger partial charge in [0.15, 0.2) is 5.41 Å². The van der Waals surface area contributed by atoms with Crippen LogP contribution in [0.1, 0.15) is 11.1 Å². The molecule has 0 bridgehead atoms. The fraction of sp³-hybridized carbons (Fsp3) is 0.167. The minimum Gasteiger partial charge on any atom is -0.468 e. The molecule has 2 nitrogen and oxygen atoms in total. The van der Waals surface area contributed by atoms with E-state index in [1.54, 1.807) is 18.2 Å². The van der Waals surface area contributed by atoms with Crippen molar-refractivity contribution in [1.82, 2.24) is 0 Å². The molecule has 0 saturated carbocycles. The Morgan fingerprint density at radius 2 is 1.87 bits per heavy atom. The first-order chi connectivity index (χ1) is 11.0. The number of methoxy groups -OCH3 is 1. The van der Waals surface area contributed by atoms with E-state index in [9.17, 15) is 4.79 Å². The van der Waals surface area contributed by atoms with Crippen LogP contribution in [0.5, 0.6) is 0 Å². The van der Waals surface area contributed by atoms with Gasteiger partial charge < -0.3 is 4.74 Å². The topological polar surface area (TPSA) is 26.3 Å². The third-order valence-corrected chi connectivity index (χ3v) is 4.40. The van der Waals surface area contributed by atoms with Crippen LogP contribution in [0.25, 0.3) is 0 Å². The van der Waals surface area contributed by atoms with E-state index in [0.29, 0.717) is 22.0 Å². The third kappa shape index (κ3) is 3.79. The highest BCUT2D eigenvalue weighted by atomic mass is 35.5. The Balaban J connectivity index is 2.63. The minimum atomic E-state index is -1.17. The van der Waals surface area contributed by atoms with Gasteiger partial charge >= 0.3 is 5.97 Å². The van der Waals surface area contributed by atoms with Gasteiger partial charge in [0.25, 0.3) is 0 Å². The highest BCUT2D eigenvalue weighted by Crippen LogP contribution is 2.34. The molecule has 0 saturated heterocycles. The Kier molecular flexibility index (Phi) is 5.89. The van der Waals surface area contributed by atoms with Crippen molar-refractivity contribution >= 4 is 39.4 Å². The molecular weight excluding hydrogens is 347 g/mol. The van der Waals surface area contributed by atoms with Crippen LogP contribution in [0.2, 0.25) is 10.0 Å². The molecule has 0 N–H and O–H groups in total. The summed E-state index contributed by atoms with van der Waals surface area (Å²) in [5.41, 5.74) is 3.07. The Morgan fingerprint density at radius 1 is 1.17 bits per heavy atom. The summed E-state index contributed by atoms with van der Waals surface area (Å²) in [5, 5.41) is 0.779. The third-order valence-electron chi connectivity index (χ3n) is 3.53. The molecule has 0 spiro atoms. The van der Waals surface area contributed by atoms with Crippen molar-refractivity contribution in [2.75, 3.05) is 7.11 Å². The monoisotopic (exact) mass is 359 g/mol. The molecule has 2 rings (SSSR count). The van der Waals surface area contributed by atoms with E-state index in [2.05, 4.69) is 21.7 Å². The number of rotatable bonds is 4. The van der Waals surface area contributed by atoms with Gasteiger partial charge in [0.2, 0.25) is 0 Å². The molecule has 0 fully saturated rings. The number of halogens is 2. The molecule has 115 valence electrons. The smallest absolute Gasteiger partial charge is 0.328 e. The molecule has 0 heterocycles. The van der Waals surface area contributed by atoms with Gasteiger partial charge in [-0.15, -0.1) is 5.54 Å². The number of carbonyl (C=O) groups excluding carboxylic acids is 1. The zero-order valence-corrected chi connectivity index (χ0v) is 14.9. The average Bonchev–Trinajstić information content (AvgIpc) is 2.57. The molecule has 1 atom stereocenters. The Labute approximate surface area is 149 Å². The van der Waals surface area contributed by atoms with Crippen molar-refractivity contribution in [3.63, 3.8) is 0 Å².